The number of hydrogen-bond acceptors (Lipinski definition) is 4. The first-order valence-corrected chi connectivity index (χ1v) is 6.49. The number of carbonyl (C=O) groups excluding carboxylic acids is 1. The number of aryl methyl sites for hydroxylation is 2. The third kappa shape index (κ3) is 2.55. The molecular weight excluding hydrogens is 268 g/mol. The van der Waals surface area contributed by atoms with Crippen molar-refractivity contribution in [2.24, 2.45) is 0 Å². The molecule has 0 fully saturated rings. The molecular formula is C15H14N4O2. The largest absolute Gasteiger partial charge is 0.459 e. The maximum atomic E-state index is 12.1. The zero-order chi connectivity index (χ0) is 14.8. The molecule has 0 saturated heterocycles. The molecule has 3 aromatic rings. The number of aromatic nitrogens is 3. The Balaban J connectivity index is 1.97. The summed E-state index contributed by atoms with van der Waals surface area (Å²) in [6.45, 7) is 3.69. The van der Waals surface area contributed by atoms with Crippen molar-refractivity contribution in [2.75, 3.05) is 5.32 Å². The van der Waals surface area contributed by atoms with E-state index in [1.54, 1.807) is 16.8 Å². The smallest absolute Gasteiger partial charge is 0.291 e. The van der Waals surface area contributed by atoms with Crippen LogP contribution in [0, 0.1) is 13.8 Å². The van der Waals surface area contributed by atoms with Gasteiger partial charge in [0, 0.05) is 0 Å². The second-order valence-electron chi connectivity index (χ2n) is 4.57. The molecule has 2 heterocycles. The summed E-state index contributed by atoms with van der Waals surface area (Å²) in [5.41, 5.74) is 1.41. The predicted molar refractivity (Wildman–Crippen MR) is 77.5 cm³/mol. The van der Waals surface area contributed by atoms with Gasteiger partial charge in [-0.25, -0.2) is 9.67 Å². The molecule has 2 aromatic heterocycles. The van der Waals surface area contributed by atoms with E-state index in [-0.39, 0.29) is 11.7 Å². The van der Waals surface area contributed by atoms with Crippen LogP contribution in [0.1, 0.15) is 22.2 Å². The van der Waals surface area contributed by atoms with E-state index in [1.807, 2.05) is 38.1 Å². The minimum atomic E-state index is -0.304. The van der Waals surface area contributed by atoms with Crippen molar-refractivity contribution in [3.63, 3.8) is 0 Å². The first-order valence-electron chi connectivity index (χ1n) is 6.49. The molecule has 1 aromatic carbocycles. The zero-order valence-electron chi connectivity index (χ0n) is 11.7. The van der Waals surface area contributed by atoms with Gasteiger partial charge in [-0.1, -0.05) is 12.1 Å². The lowest BCUT2D eigenvalue weighted by molar-refractivity contribution is 0.0996. The summed E-state index contributed by atoms with van der Waals surface area (Å²) in [4.78, 5) is 16.4. The number of hydrogen-bond donors (Lipinski definition) is 1. The van der Waals surface area contributed by atoms with E-state index in [9.17, 15) is 4.79 Å². The minimum Gasteiger partial charge on any atom is -0.459 e. The number of furan rings is 1. The average Bonchev–Trinajstić information content (AvgIpc) is 3.09. The SMILES string of the molecule is Cc1nc(C)n(-c2ccccc2NC(=O)c2ccco2)n1. The van der Waals surface area contributed by atoms with Gasteiger partial charge in [0.25, 0.3) is 5.91 Å². The molecule has 0 spiro atoms. The number of para-hydroxylation sites is 2. The molecule has 0 unspecified atom stereocenters. The first kappa shape index (κ1) is 13.1. The van der Waals surface area contributed by atoms with E-state index in [1.165, 1.54) is 6.26 Å². The summed E-state index contributed by atoms with van der Waals surface area (Å²) < 4.78 is 6.80. The summed E-state index contributed by atoms with van der Waals surface area (Å²) in [6, 6.07) is 10.7. The number of benzene rings is 1. The Kier molecular flexibility index (Phi) is 3.27. The highest BCUT2D eigenvalue weighted by Crippen LogP contribution is 2.21. The van der Waals surface area contributed by atoms with Gasteiger partial charge in [0.2, 0.25) is 0 Å². The molecule has 0 aliphatic heterocycles. The third-order valence-corrected chi connectivity index (χ3v) is 3.00. The van der Waals surface area contributed by atoms with E-state index in [4.69, 9.17) is 4.42 Å². The van der Waals surface area contributed by atoms with E-state index >= 15 is 0 Å². The molecule has 3 rings (SSSR count). The van der Waals surface area contributed by atoms with Crippen LogP contribution in [0.5, 0.6) is 0 Å². The number of carbonyl (C=O) groups is 1. The molecule has 0 aliphatic carbocycles. The van der Waals surface area contributed by atoms with Crippen LogP contribution in [0.15, 0.2) is 47.1 Å². The standard InChI is InChI=1S/C15H14N4O2/c1-10-16-11(2)19(18-10)13-7-4-3-6-12(13)17-15(20)14-8-5-9-21-14/h3-9H,1-2H3,(H,17,20). The van der Waals surface area contributed by atoms with Gasteiger partial charge in [-0.15, -0.1) is 0 Å². The van der Waals surface area contributed by atoms with E-state index in [2.05, 4.69) is 15.4 Å². The maximum Gasteiger partial charge on any atom is 0.291 e. The molecule has 6 nitrogen and oxygen atoms in total. The fourth-order valence-electron chi connectivity index (χ4n) is 2.10. The van der Waals surface area contributed by atoms with Crippen molar-refractivity contribution in [2.45, 2.75) is 13.8 Å². The summed E-state index contributed by atoms with van der Waals surface area (Å²) in [5, 5.41) is 7.17. The van der Waals surface area contributed by atoms with Crippen LogP contribution in [0.2, 0.25) is 0 Å². The van der Waals surface area contributed by atoms with E-state index < -0.39 is 0 Å². The fourth-order valence-corrected chi connectivity index (χ4v) is 2.10. The number of nitrogens with zero attached hydrogens (tertiary/aromatic N) is 3. The van der Waals surface area contributed by atoms with Crippen molar-refractivity contribution >= 4 is 11.6 Å². The summed E-state index contributed by atoms with van der Waals surface area (Å²) >= 11 is 0. The monoisotopic (exact) mass is 282 g/mol. The van der Waals surface area contributed by atoms with Crippen LogP contribution in [-0.2, 0) is 0 Å². The topological polar surface area (TPSA) is 73.0 Å². The van der Waals surface area contributed by atoms with Crippen LogP contribution in [0.4, 0.5) is 5.69 Å². The highest BCUT2D eigenvalue weighted by molar-refractivity contribution is 6.03. The third-order valence-electron chi connectivity index (χ3n) is 3.00. The second kappa shape index (κ2) is 5.24. The number of amides is 1. The Morgan fingerprint density at radius 1 is 1.19 bits per heavy atom. The van der Waals surface area contributed by atoms with Gasteiger partial charge >= 0.3 is 0 Å². The van der Waals surface area contributed by atoms with Crippen molar-refractivity contribution in [3.8, 4) is 5.69 Å². The van der Waals surface area contributed by atoms with Crippen LogP contribution < -0.4 is 5.32 Å². The molecule has 1 N–H and O–H groups in total. The van der Waals surface area contributed by atoms with Crippen molar-refractivity contribution in [1.82, 2.24) is 14.8 Å². The van der Waals surface area contributed by atoms with E-state index in [0.717, 1.165) is 11.5 Å². The van der Waals surface area contributed by atoms with Crippen molar-refractivity contribution in [3.05, 3.63) is 60.1 Å². The Morgan fingerprint density at radius 2 is 2.00 bits per heavy atom. The maximum absolute atomic E-state index is 12.1. The van der Waals surface area contributed by atoms with Gasteiger partial charge in [-0.2, -0.15) is 5.10 Å². The van der Waals surface area contributed by atoms with Crippen LogP contribution >= 0.6 is 0 Å². The minimum absolute atomic E-state index is 0.260. The first-order chi connectivity index (χ1) is 10.1. The van der Waals surface area contributed by atoms with Crippen LogP contribution in [0.25, 0.3) is 5.69 Å². The number of anilines is 1. The fraction of sp³-hybridized carbons (Fsp3) is 0.133. The highest BCUT2D eigenvalue weighted by atomic mass is 16.3. The Bertz CT molecular complexity index is 775. The summed E-state index contributed by atoms with van der Waals surface area (Å²) in [6.07, 6.45) is 1.46. The molecule has 6 heteroatoms. The van der Waals surface area contributed by atoms with Crippen LogP contribution in [-0.4, -0.2) is 20.7 Å². The van der Waals surface area contributed by atoms with Gasteiger partial charge in [0.1, 0.15) is 11.6 Å². The van der Waals surface area contributed by atoms with Gasteiger partial charge in [0.05, 0.1) is 17.6 Å². The Hall–Kier alpha value is -2.89. The molecule has 0 bridgehead atoms. The van der Waals surface area contributed by atoms with Crippen molar-refractivity contribution < 1.29 is 9.21 Å². The molecule has 0 saturated carbocycles. The normalized spacial score (nSPS) is 10.6. The van der Waals surface area contributed by atoms with Gasteiger partial charge in [0.15, 0.2) is 5.76 Å². The Morgan fingerprint density at radius 3 is 2.67 bits per heavy atom. The summed E-state index contributed by atoms with van der Waals surface area (Å²) in [7, 11) is 0. The molecule has 1 amide bonds. The van der Waals surface area contributed by atoms with E-state index in [0.29, 0.717) is 11.5 Å². The number of rotatable bonds is 3. The summed E-state index contributed by atoms with van der Waals surface area (Å²) in [5.74, 6) is 1.39. The molecule has 0 radical (unpaired) electrons. The molecule has 106 valence electrons. The molecule has 0 aliphatic rings. The quantitative estimate of drug-likeness (QED) is 0.801. The zero-order valence-corrected chi connectivity index (χ0v) is 11.7. The Labute approximate surface area is 121 Å². The lowest BCUT2D eigenvalue weighted by Crippen LogP contribution is -2.13. The molecule has 21 heavy (non-hydrogen) atoms. The predicted octanol–water partition coefficient (Wildman–Crippen LogP) is 2.73. The van der Waals surface area contributed by atoms with Gasteiger partial charge in [-0.3, -0.25) is 4.79 Å². The van der Waals surface area contributed by atoms with Crippen molar-refractivity contribution in [1.29, 1.82) is 0 Å². The highest BCUT2D eigenvalue weighted by Gasteiger charge is 2.14. The average molecular weight is 282 g/mol. The van der Waals surface area contributed by atoms with Gasteiger partial charge in [-0.05, 0) is 38.1 Å². The lowest BCUT2D eigenvalue weighted by Gasteiger charge is -2.10. The van der Waals surface area contributed by atoms with Crippen LogP contribution in [0.3, 0.4) is 0 Å². The number of nitrogens with one attached hydrogen (secondary N) is 1. The van der Waals surface area contributed by atoms with Gasteiger partial charge < -0.3 is 9.73 Å². The lowest BCUT2D eigenvalue weighted by atomic mass is 10.2. The second-order valence-corrected chi connectivity index (χ2v) is 4.57. The molecule has 0 atom stereocenters.